The number of hydrogen-bond acceptors (Lipinski definition) is 1. The Morgan fingerprint density at radius 2 is 0.844 bits per heavy atom. The number of hydrogen-bond donors (Lipinski definition) is 0. The van der Waals surface area contributed by atoms with E-state index in [9.17, 15) is 0 Å². The molecule has 0 N–H and O–H groups in total. The quantitative estimate of drug-likeness (QED) is 0.284. The van der Waals surface area contributed by atoms with E-state index >= 15 is 0 Å². The molecule has 0 aliphatic carbocycles. The van der Waals surface area contributed by atoms with Crippen molar-refractivity contribution in [3.63, 3.8) is 0 Å². The van der Waals surface area contributed by atoms with E-state index in [0.717, 1.165) is 39.2 Å². The van der Waals surface area contributed by atoms with Gasteiger partial charge in [-0.25, -0.2) is 4.98 Å². The van der Waals surface area contributed by atoms with Crippen LogP contribution in [0.2, 0.25) is 0 Å². The first kappa shape index (κ1) is 19.7. The van der Waals surface area contributed by atoms with Crippen LogP contribution in [0.1, 0.15) is 5.56 Å². The Kier molecular flexibility index (Phi) is 5.47. The molecular weight excluding hydrogens is 386 g/mol. The smallest absolute Gasteiger partial charge is 0.0715 e. The van der Waals surface area contributed by atoms with Gasteiger partial charge in [-0.1, -0.05) is 122 Å². The fourth-order valence-corrected chi connectivity index (χ4v) is 3.88. The van der Waals surface area contributed by atoms with E-state index in [-0.39, 0.29) is 0 Å². The molecule has 0 amide bonds. The Hall–Kier alpha value is -4.23. The van der Waals surface area contributed by atoms with Gasteiger partial charge < -0.3 is 0 Å². The molecule has 0 unspecified atom stereocenters. The van der Waals surface area contributed by atoms with Crippen LogP contribution in [0.5, 0.6) is 0 Å². The molecule has 32 heavy (non-hydrogen) atoms. The minimum Gasteiger partial charge on any atom is -0.248 e. The first-order valence-electron chi connectivity index (χ1n) is 10.8. The summed E-state index contributed by atoms with van der Waals surface area (Å²) in [6.45, 7) is 3.86. The molecule has 0 aliphatic rings. The minimum absolute atomic E-state index is 0.966. The molecule has 0 fully saturated rings. The Bertz CT molecular complexity index is 1330. The van der Waals surface area contributed by atoms with E-state index in [1.165, 1.54) is 11.1 Å². The number of nitrogens with zero attached hydrogens (tertiary/aromatic N) is 1. The topological polar surface area (TPSA) is 12.9 Å². The SMILES string of the molecule is C=Cc1ccc(-c2cc(-c3ccccc3)nc(-c3ccc(-c4ccccc4)cc3)c2)cc1. The molecule has 1 nitrogen and oxygen atoms in total. The second-order valence-electron chi connectivity index (χ2n) is 7.76. The first-order chi connectivity index (χ1) is 15.8. The van der Waals surface area contributed by atoms with Crippen LogP contribution in [0.15, 0.2) is 128 Å². The molecule has 5 rings (SSSR count). The van der Waals surface area contributed by atoms with Crippen molar-refractivity contribution in [2.45, 2.75) is 0 Å². The van der Waals surface area contributed by atoms with Crippen LogP contribution in [0, 0.1) is 0 Å². The van der Waals surface area contributed by atoms with E-state index in [0.29, 0.717) is 0 Å². The predicted molar refractivity (Wildman–Crippen MR) is 136 cm³/mol. The molecule has 1 heteroatoms. The van der Waals surface area contributed by atoms with E-state index < -0.39 is 0 Å². The summed E-state index contributed by atoms with van der Waals surface area (Å²) in [7, 11) is 0. The van der Waals surface area contributed by atoms with Crippen LogP contribution >= 0.6 is 0 Å². The van der Waals surface area contributed by atoms with Crippen molar-refractivity contribution in [1.82, 2.24) is 4.98 Å². The Balaban J connectivity index is 1.60. The lowest BCUT2D eigenvalue weighted by Crippen LogP contribution is -1.91. The summed E-state index contributed by atoms with van der Waals surface area (Å²) < 4.78 is 0. The van der Waals surface area contributed by atoms with Crippen LogP contribution in [0.25, 0.3) is 50.8 Å². The van der Waals surface area contributed by atoms with Gasteiger partial charge in [-0.05, 0) is 39.9 Å². The molecule has 0 bridgehead atoms. The third kappa shape index (κ3) is 4.14. The van der Waals surface area contributed by atoms with Gasteiger partial charge in [-0.3, -0.25) is 0 Å². The fraction of sp³-hybridized carbons (Fsp3) is 0. The lowest BCUT2D eigenvalue weighted by atomic mass is 9.98. The molecule has 0 saturated heterocycles. The van der Waals surface area contributed by atoms with E-state index in [4.69, 9.17) is 4.98 Å². The van der Waals surface area contributed by atoms with Crippen molar-refractivity contribution >= 4 is 6.08 Å². The minimum atomic E-state index is 0.966. The molecule has 0 atom stereocenters. The number of benzene rings is 4. The van der Waals surface area contributed by atoms with Crippen molar-refractivity contribution in [2.24, 2.45) is 0 Å². The van der Waals surface area contributed by atoms with Gasteiger partial charge >= 0.3 is 0 Å². The largest absolute Gasteiger partial charge is 0.248 e. The Labute approximate surface area is 189 Å². The molecule has 5 aromatic rings. The molecule has 4 aromatic carbocycles. The second kappa shape index (κ2) is 8.87. The zero-order valence-electron chi connectivity index (χ0n) is 17.8. The standard InChI is InChI=1S/C31H23N/c1-2-23-13-15-26(16-14-23)29-21-30(27-11-7-4-8-12-27)32-31(22-29)28-19-17-25(18-20-28)24-9-5-3-6-10-24/h2-22H,1H2. The van der Waals surface area contributed by atoms with E-state index in [1.807, 2.05) is 18.2 Å². The molecule has 0 aliphatic heterocycles. The normalized spacial score (nSPS) is 10.6. The zero-order valence-corrected chi connectivity index (χ0v) is 17.8. The predicted octanol–water partition coefficient (Wildman–Crippen LogP) is 8.39. The molecule has 1 aromatic heterocycles. The number of rotatable bonds is 5. The van der Waals surface area contributed by atoms with Crippen LogP contribution < -0.4 is 0 Å². The fourth-order valence-electron chi connectivity index (χ4n) is 3.88. The van der Waals surface area contributed by atoms with E-state index in [1.54, 1.807) is 0 Å². The van der Waals surface area contributed by atoms with Crippen molar-refractivity contribution in [1.29, 1.82) is 0 Å². The molecule has 0 radical (unpaired) electrons. The van der Waals surface area contributed by atoms with Crippen LogP contribution in [0.4, 0.5) is 0 Å². The van der Waals surface area contributed by atoms with Gasteiger partial charge in [0.2, 0.25) is 0 Å². The van der Waals surface area contributed by atoms with Gasteiger partial charge in [0.15, 0.2) is 0 Å². The average Bonchev–Trinajstić information content (AvgIpc) is 2.89. The van der Waals surface area contributed by atoms with Crippen LogP contribution in [-0.4, -0.2) is 4.98 Å². The van der Waals surface area contributed by atoms with Gasteiger partial charge in [0.1, 0.15) is 0 Å². The van der Waals surface area contributed by atoms with Gasteiger partial charge in [-0.15, -0.1) is 0 Å². The first-order valence-corrected chi connectivity index (χ1v) is 10.8. The molecule has 152 valence electrons. The summed E-state index contributed by atoms with van der Waals surface area (Å²) in [5, 5.41) is 0. The van der Waals surface area contributed by atoms with Crippen LogP contribution in [-0.2, 0) is 0 Å². The highest BCUT2D eigenvalue weighted by molar-refractivity contribution is 5.78. The summed E-state index contributed by atoms with van der Waals surface area (Å²) in [4.78, 5) is 5.02. The third-order valence-electron chi connectivity index (χ3n) is 5.66. The Morgan fingerprint density at radius 1 is 0.438 bits per heavy atom. The summed E-state index contributed by atoms with van der Waals surface area (Å²) >= 11 is 0. The van der Waals surface area contributed by atoms with Crippen molar-refractivity contribution in [2.75, 3.05) is 0 Å². The van der Waals surface area contributed by atoms with E-state index in [2.05, 4.69) is 116 Å². The lowest BCUT2D eigenvalue weighted by molar-refractivity contribution is 1.32. The number of pyridine rings is 1. The van der Waals surface area contributed by atoms with Crippen molar-refractivity contribution in [3.8, 4) is 44.8 Å². The van der Waals surface area contributed by atoms with Crippen LogP contribution in [0.3, 0.4) is 0 Å². The highest BCUT2D eigenvalue weighted by atomic mass is 14.7. The summed E-state index contributed by atoms with van der Waals surface area (Å²) in [6, 6.07) is 42.3. The monoisotopic (exact) mass is 409 g/mol. The maximum absolute atomic E-state index is 5.02. The molecule has 0 saturated carbocycles. The summed E-state index contributed by atoms with van der Waals surface area (Å²) in [6.07, 6.45) is 1.87. The summed E-state index contributed by atoms with van der Waals surface area (Å²) in [5.41, 5.74) is 10.00. The number of aromatic nitrogens is 1. The summed E-state index contributed by atoms with van der Waals surface area (Å²) in [5.74, 6) is 0. The molecule has 0 spiro atoms. The highest BCUT2D eigenvalue weighted by Gasteiger charge is 2.09. The third-order valence-corrected chi connectivity index (χ3v) is 5.66. The lowest BCUT2D eigenvalue weighted by Gasteiger charge is -2.11. The Morgan fingerprint density at radius 3 is 1.41 bits per heavy atom. The van der Waals surface area contributed by atoms with Gasteiger partial charge in [0, 0.05) is 11.1 Å². The molecular formula is C31H23N. The zero-order chi connectivity index (χ0) is 21.8. The second-order valence-corrected chi connectivity index (χ2v) is 7.76. The average molecular weight is 410 g/mol. The van der Waals surface area contributed by atoms with Gasteiger partial charge in [-0.2, -0.15) is 0 Å². The maximum Gasteiger partial charge on any atom is 0.0715 e. The highest BCUT2D eigenvalue weighted by Crippen LogP contribution is 2.31. The van der Waals surface area contributed by atoms with Crippen molar-refractivity contribution < 1.29 is 0 Å². The van der Waals surface area contributed by atoms with Gasteiger partial charge in [0.05, 0.1) is 11.4 Å². The van der Waals surface area contributed by atoms with Crippen molar-refractivity contribution in [3.05, 3.63) is 133 Å². The van der Waals surface area contributed by atoms with Gasteiger partial charge in [0.25, 0.3) is 0 Å². The molecule has 1 heterocycles. The maximum atomic E-state index is 5.02.